The Hall–Kier alpha value is -2.99. The third-order valence-electron chi connectivity index (χ3n) is 5.82. The highest BCUT2D eigenvalue weighted by Crippen LogP contribution is 2.32. The standard InChI is InChI=1S/C22H22F4N4O3S.H2/c23-17-7-2-8-18(24)20(17)16-6-1-4-14-12-27-30(21(14)16)13-19(31)29-10-3-5-15(9-11-29)28-34(32,33)22(25)26;/h1-2,4,6-8,12,15,22,28H,3,5,9-11,13H2;1H/t15-;/m0./s1. The van der Waals surface area contributed by atoms with Gasteiger partial charge in [-0.05, 0) is 31.4 Å². The zero-order valence-corrected chi connectivity index (χ0v) is 18.7. The van der Waals surface area contributed by atoms with E-state index >= 15 is 0 Å². The third-order valence-corrected chi connectivity index (χ3v) is 6.96. The Balaban J connectivity index is 0.00000342. The van der Waals surface area contributed by atoms with Crippen LogP contribution in [0.1, 0.15) is 20.7 Å². The van der Waals surface area contributed by atoms with Crippen LogP contribution in [0.4, 0.5) is 17.6 Å². The molecule has 1 amide bonds. The maximum atomic E-state index is 14.5. The van der Waals surface area contributed by atoms with Crippen molar-refractivity contribution in [1.82, 2.24) is 19.4 Å². The van der Waals surface area contributed by atoms with Crippen LogP contribution in [-0.4, -0.2) is 53.9 Å². The summed E-state index contributed by atoms with van der Waals surface area (Å²) in [5.41, 5.74) is 0.444. The molecule has 1 fully saturated rings. The van der Waals surface area contributed by atoms with E-state index in [-0.39, 0.29) is 38.0 Å². The number of benzene rings is 2. The van der Waals surface area contributed by atoms with Crippen molar-refractivity contribution < 1.29 is 32.2 Å². The van der Waals surface area contributed by atoms with Crippen LogP contribution in [0.25, 0.3) is 22.0 Å². The number of para-hydroxylation sites is 1. The van der Waals surface area contributed by atoms with Crippen LogP contribution >= 0.6 is 0 Å². The van der Waals surface area contributed by atoms with Gasteiger partial charge in [0.05, 0.1) is 17.3 Å². The van der Waals surface area contributed by atoms with Gasteiger partial charge >= 0.3 is 5.76 Å². The van der Waals surface area contributed by atoms with Gasteiger partial charge in [-0.25, -0.2) is 21.9 Å². The number of hydrogen-bond donors (Lipinski definition) is 1. The molecule has 0 radical (unpaired) electrons. The van der Waals surface area contributed by atoms with E-state index < -0.39 is 33.5 Å². The molecule has 2 aromatic carbocycles. The number of rotatable bonds is 6. The van der Waals surface area contributed by atoms with Gasteiger partial charge in [0.15, 0.2) is 0 Å². The lowest BCUT2D eigenvalue weighted by Gasteiger charge is -2.21. The Morgan fingerprint density at radius 1 is 1.12 bits per heavy atom. The molecule has 1 N–H and O–H groups in total. The fourth-order valence-corrected chi connectivity index (χ4v) is 5.00. The quantitative estimate of drug-likeness (QED) is 0.523. The Bertz CT molecular complexity index is 1300. The number of fused-ring (bicyclic) bond motifs is 1. The van der Waals surface area contributed by atoms with Crippen LogP contribution < -0.4 is 4.72 Å². The van der Waals surface area contributed by atoms with E-state index in [1.54, 1.807) is 18.2 Å². The van der Waals surface area contributed by atoms with E-state index in [4.69, 9.17) is 0 Å². The summed E-state index contributed by atoms with van der Waals surface area (Å²) in [6.07, 6.45) is 2.43. The predicted molar refractivity (Wildman–Crippen MR) is 119 cm³/mol. The van der Waals surface area contributed by atoms with Crippen LogP contribution in [0.15, 0.2) is 42.6 Å². The molecule has 0 unspecified atom stereocenters. The van der Waals surface area contributed by atoms with E-state index in [0.717, 1.165) is 12.1 Å². The minimum Gasteiger partial charge on any atom is -0.341 e. The normalized spacial score (nSPS) is 17.3. The summed E-state index contributed by atoms with van der Waals surface area (Å²) in [5, 5.41) is 4.83. The molecule has 0 bridgehead atoms. The molecule has 34 heavy (non-hydrogen) atoms. The molecule has 1 atom stereocenters. The molecule has 7 nitrogen and oxygen atoms in total. The molecule has 3 aromatic rings. The van der Waals surface area contributed by atoms with E-state index in [0.29, 0.717) is 30.3 Å². The first-order valence-corrected chi connectivity index (χ1v) is 12.2. The number of alkyl halides is 2. The molecule has 4 rings (SSSR count). The maximum absolute atomic E-state index is 14.5. The van der Waals surface area contributed by atoms with Gasteiger partial charge < -0.3 is 4.90 Å². The Morgan fingerprint density at radius 3 is 2.53 bits per heavy atom. The molecule has 0 saturated carbocycles. The second-order valence-electron chi connectivity index (χ2n) is 8.07. The summed E-state index contributed by atoms with van der Waals surface area (Å²) in [5.74, 6) is -5.32. The van der Waals surface area contributed by atoms with E-state index in [2.05, 4.69) is 5.10 Å². The first-order chi connectivity index (χ1) is 16.2. The first-order valence-electron chi connectivity index (χ1n) is 10.6. The number of nitrogens with zero attached hydrogens (tertiary/aromatic N) is 3. The van der Waals surface area contributed by atoms with Crippen molar-refractivity contribution in [3.8, 4) is 11.1 Å². The second-order valence-corrected chi connectivity index (χ2v) is 9.76. The van der Waals surface area contributed by atoms with Crippen LogP contribution in [0, 0.1) is 11.6 Å². The molecule has 1 saturated heterocycles. The number of halogens is 4. The van der Waals surface area contributed by atoms with Crippen molar-refractivity contribution in [2.24, 2.45) is 0 Å². The van der Waals surface area contributed by atoms with Crippen molar-refractivity contribution in [3.05, 3.63) is 54.2 Å². The van der Waals surface area contributed by atoms with Gasteiger partial charge in [-0.3, -0.25) is 9.48 Å². The van der Waals surface area contributed by atoms with Gasteiger partial charge in [-0.1, -0.05) is 24.3 Å². The lowest BCUT2D eigenvalue weighted by atomic mass is 10.0. The predicted octanol–water partition coefficient (Wildman–Crippen LogP) is 3.75. The van der Waals surface area contributed by atoms with Crippen molar-refractivity contribution in [2.45, 2.75) is 37.6 Å². The molecular formula is C22H24F4N4O3S. The van der Waals surface area contributed by atoms with Gasteiger partial charge in [0.25, 0.3) is 10.0 Å². The van der Waals surface area contributed by atoms with Crippen LogP contribution in [0.3, 0.4) is 0 Å². The fraction of sp³-hybridized carbons (Fsp3) is 0.364. The Labute approximate surface area is 194 Å². The topological polar surface area (TPSA) is 84.3 Å². The maximum Gasteiger partial charge on any atom is 0.350 e. The third kappa shape index (κ3) is 4.92. The summed E-state index contributed by atoms with van der Waals surface area (Å²) >= 11 is 0. The SMILES string of the molecule is O=C(Cn1ncc2cccc(-c3c(F)cccc3F)c21)N1CCC[C@H](NS(=O)(=O)C(F)F)CC1.[HH]. The number of nitrogens with one attached hydrogen (secondary N) is 1. The number of likely N-dealkylation sites (tertiary alicyclic amines) is 1. The number of aromatic nitrogens is 2. The van der Waals surface area contributed by atoms with Gasteiger partial charge in [-0.2, -0.15) is 13.9 Å². The van der Waals surface area contributed by atoms with Crippen molar-refractivity contribution in [3.63, 3.8) is 0 Å². The molecule has 12 heteroatoms. The molecular weight excluding hydrogens is 476 g/mol. The monoisotopic (exact) mass is 500 g/mol. The summed E-state index contributed by atoms with van der Waals surface area (Å²) < 4.78 is 80.5. The number of carbonyl (C=O) groups is 1. The lowest BCUT2D eigenvalue weighted by Crippen LogP contribution is -2.39. The molecule has 1 aliphatic rings. The van der Waals surface area contributed by atoms with Gasteiger partial charge in [0.2, 0.25) is 5.91 Å². The van der Waals surface area contributed by atoms with Gasteiger partial charge in [0, 0.05) is 31.5 Å². The Kier molecular flexibility index (Phi) is 6.89. The minimum atomic E-state index is -4.72. The van der Waals surface area contributed by atoms with Crippen molar-refractivity contribution >= 4 is 26.8 Å². The average Bonchev–Trinajstić information content (AvgIpc) is 3.04. The van der Waals surface area contributed by atoms with E-state index in [9.17, 15) is 30.8 Å². The number of carbonyl (C=O) groups excluding carboxylic acids is 1. The first kappa shape index (κ1) is 24.1. The molecule has 1 aliphatic heterocycles. The zero-order valence-electron chi connectivity index (χ0n) is 17.9. The summed E-state index contributed by atoms with van der Waals surface area (Å²) in [6, 6.07) is 7.79. The fourth-order valence-electron chi connectivity index (χ4n) is 4.20. The van der Waals surface area contributed by atoms with Crippen LogP contribution in [0.2, 0.25) is 0 Å². The largest absolute Gasteiger partial charge is 0.350 e. The van der Waals surface area contributed by atoms with Crippen molar-refractivity contribution in [2.75, 3.05) is 13.1 Å². The molecule has 0 aliphatic carbocycles. The Morgan fingerprint density at radius 2 is 1.82 bits per heavy atom. The second kappa shape index (κ2) is 9.71. The zero-order chi connectivity index (χ0) is 24.5. The highest BCUT2D eigenvalue weighted by Gasteiger charge is 2.29. The highest BCUT2D eigenvalue weighted by atomic mass is 32.2. The number of amides is 1. The molecule has 0 spiro atoms. The number of hydrogen-bond acceptors (Lipinski definition) is 4. The molecule has 2 heterocycles. The van der Waals surface area contributed by atoms with Crippen molar-refractivity contribution in [1.29, 1.82) is 0 Å². The lowest BCUT2D eigenvalue weighted by molar-refractivity contribution is -0.131. The number of sulfonamides is 1. The summed E-state index contributed by atoms with van der Waals surface area (Å²) in [7, 11) is -4.72. The molecule has 1 aromatic heterocycles. The van der Waals surface area contributed by atoms with Gasteiger partial charge in [-0.15, -0.1) is 0 Å². The van der Waals surface area contributed by atoms with Crippen LogP contribution in [-0.2, 0) is 21.4 Å². The smallest absolute Gasteiger partial charge is 0.341 e. The molecule has 184 valence electrons. The summed E-state index contributed by atoms with van der Waals surface area (Å²) in [6.45, 7) is 0.285. The van der Waals surface area contributed by atoms with E-state index in [1.165, 1.54) is 21.8 Å². The van der Waals surface area contributed by atoms with Gasteiger partial charge in [0.1, 0.15) is 18.2 Å². The van der Waals surface area contributed by atoms with Crippen LogP contribution in [0.5, 0.6) is 0 Å². The highest BCUT2D eigenvalue weighted by molar-refractivity contribution is 7.89. The average molecular weight is 501 g/mol. The minimum absolute atomic E-state index is 0. The van der Waals surface area contributed by atoms with E-state index in [1.807, 2.05) is 4.72 Å². The summed E-state index contributed by atoms with van der Waals surface area (Å²) in [4.78, 5) is 14.5.